The zero-order valence-electron chi connectivity index (χ0n) is 20.9. The van der Waals surface area contributed by atoms with Gasteiger partial charge in [0.05, 0.1) is 13.2 Å². The van der Waals surface area contributed by atoms with Crippen LogP contribution in [-0.2, 0) is 14.2 Å². The van der Waals surface area contributed by atoms with Gasteiger partial charge in [0.2, 0.25) is 6.29 Å². The molecule has 0 aliphatic carbocycles. The van der Waals surface area contributed by atoms with E-state index in [2.05, 4.69) is 0 Å². The smallest absolute Gasteiger partial charge is 0.229 e. The Labute approximate surface area is 227 Å². The molecule has 14 heteroatoms. The number of phenols is 3. The highest BCUT2D eigenvalue weighted by atomic mass is 16.7. The van der Waals surface area contributed by atoms with E-state index in [1.807, 2.05) is 0 Å². The minimum absolute atomic E-state index is 0.0606. The number of aromatic hydroxyl groups is 3. The molecule has 4 rings (SSSR count). The van der Waals surface area contributed by atoms with Crippen molar-refractivity contribution in [1.29, 1.82) is 0 Å². The van der Waals surface area contributed by atoms with Crippen LogP contribution in [0.5, 0.6) is 23.0 Å². The summed E-state index contributed by atoms with van der Waals surface area (Å²) in [5, 5.41) is 101. The number of benzene rings is 2. The number of hydrogen-bond acceptors (Lipinski definition) is 14. The predicted molar refractivity (Wildman–Crippen MR) is 134 cm³/mol. The van der Waals surface area contributed by atoms with E-state index >= 15 is 0 Å². The summed E-state index contributed by atoms with van der Waals surface area (Å²) >= 11 is 0. The van der Waals surface area contributed by atoms with Gasteiger partial charge in [-0.3, -0.25) is 0 Å². The molecule has 2 heterocycles. The molecule has 0 saturated carbocycles. The Kier molecular flexibility index (Phi) is 9.48. The summed E-state index contributed by atoms with van der Waals surface area (Å²) in [7, 11) is 0. The maximum atomic E-state index is 10.5. The molecule has 0 unspecified atom stereocenters. The third-order valence-electron chi connectivity index (χ3n) is 6.61. The topological polar surface area (TPSA) is 239 Å². The first-order valence-electron chi connectivity index (χ1n) is 12.3. The van der Waals surface area contributed by atoms with Gasteiger partial charge in [0.1, 0.15) is 60.3 Å². The minimum Gasteiger partial charge on any atom is -0.508 e. The van der Waals surface area contributed by atoms with Crippen LogP contribution in [0.15, 0.2) is 36.4 Å². The van der Waals surface area contributed by atoms with Gasteiger partial charge in [0.25, 0.3) is 0 Å². The van der Waals surface area contributed by atoms with E-state index in [0.29, 0.717) is 5.56 Å². The molecule has 0 bridgehead atoms. The van der Waals surface area contributed by atoms with E-state index in [0.717, 1.165) is 6.07 Å². The van der Waals surface area contributed by atoms with E-state index in [-0.39, 0.29) is 22.8 Å². The first kappa shape index (κ1) is 30.0. The molecule has 2 fully saturated rings. The van der Waals surface area contributed by atoms with Gasteiger partial charge in [0, 0.05) is 11.6 Å². The van der Waals surface area contributed by atoms with E-state index in [4.69, 9.17) is 18.9 Å². The number of ether oxygens (including phenoxy) is 4. The van der Waals surface area contributed by atoms with Crippen LogP contribution < -0.4 is 4.74 Å². The maximum Gasteiger partial charge on any atom is 0.229 e. The Morgan fingerprint density at radius 3 is 1.93 bits per heavy atom. The van der Waals surface area contributed by atoms with Crippen molar-refractivity contribution in [2.45, 2.75) is 61.4 Å². The second-order valence-corrected chi connectivity index (χ2v) is 9.47. The summed E-state index contributed by atoms with van der Waals surface area (Å²) in [6, 6.07) is 8.38. The van der Waals surface area contributed by atoms with Gasteiger partial charge in [-0.2, -0.15) is 0 Å². The lowest BCUT2D eigenvalue weighted by molar-refractivity contribution is -0.323. The van der Waals surface area contributed by atoms with Crippen molar-refractivity contribution in [3.8, 4) is 23.0 Å². The highest BCUT2D eigenvalue weighted by Gasteiger charge is 2.48. The van der Waals surface area contributed by atoms with E-state index < -0.39 is 80.4 Å². The Morgan fingerprint density at radius 1 is 0.675 bits per heavy atom. The Bertz CT molecular complexity index is 1150. The highest BCUT2D eigenvalue weighted by molar-refractivity contribution is 5.75. The molecule has 0 amide bonds. The second-order valence-electron chi connectivity index (χ2n) is 9.47. The molecular formula is C26H32O14. The first-order valence-corrected chi connectivity index (χ1v) is 12.3. The van der Waals surface area contributed by atoms with Gasteiger partial charge < -0.3 is 70.0 Å². The molecule has 0 radical (unpaired) electrons. The van der Waals surface area contributed by atoms with Gasteiger partial charge in [-0.05, 0) is 23.8 Å². The summed E-state index contributed by atoms with van der Waals surface area (Å²) in [6.45, 7) is -1.25. The van der Waals surface area contributed by atoms with Crippen LogP contribution in [0.2, 0.25) is 0 Å². The molecule has 10 N–H and O–H groups in total. The molecule has 2 aromatic rings. The predicted octanol–water partition coefficient (Wildman–Crippen LogP) is -2.02. The largest absolute Gasteiger partial charge is 0.508 e. The normalized spacial score (nSPS) is 34.7. The lowest BCUT2D eigenvalue weighted by Gasteiger charge is -2.42. The lowest BCUT2D eigenvalue weighted by atomic mass is 9.98. The summed E-state index contributed by atoms with van der Waals surface area (Å²) in [5.74, 6) is -1.02. The first-order chi connectivity index (χ1) is 19.0. The lowest BCUT2D eigenvalue weighted by Crippen LogP contribution is -2.62. The average Bonchev–Trinajstić information content (AvgIpc) is 2.93. The van der Waals surface area contributed by atoms with Crippen molar-refractivity contribution >= 4 is 12.2 Å². The van der Waals surface area contributed by atoms with Crippen molar-refractivity contribution < 1.29 is 70.0 Å². The van der Waals surface area contributed by atoms with E-state index in [1.165, 1.54) is 24.3 Å². The fourth-order valence-corrected chi connectivity index (χ4v) is 4.31. The molecule has 40 heavy (non-hydrogen) atoms. The third-order valence-corrected chi connectivity index (χ3v) is 6.61. The number of rotatable bonds is 8. The van der Waals surface area contributed by atoms with Crippen LogP contribution in [0.4, 0.5) is 0 Å². The molecule has 10 atom stereocenters. The monoisotopic (exact) mass is 568 g/mol. The molecule has 2 aromatic carbocycles. The Morgan fingerprint density at radius 2 is 1.27 bits per heavy atom. The third kappa shape index (κ3) is 6.47. The summed E-state index contributed by atoms with van der Waals surface area (Å²) in [6.07, 6.45) is -13.1. The van der Waals surface area contributed by atoms with Gasteiger partial charge in [-0.1, -0.05) is 24.3 Å². The molecule has 220 valence electrons. The number of phenolic OH excluding ortho intramolecular Hbond substituents is 3. The summed E-state index contributed by atoms with van der Waals surface area (Å²) < 4.78 is 21.9. The van der Waals surface area contributed by atoms with Crippen molar-refractivity contribution in [3.05, 3.63) is 47.5 Å². The minimum atomic E-state index is -1.81. The van der Waals surface area contributed by atoms with Crippen LogP contribution >= 0.6 is 0 Å². The van der Waals surface area contributed by atoms with Crippen molar-refractivity contribution in [3.63, 3.8) is 0 Å². The molecule has 14 nitrogen and oxygen atoms in total. The fourth-order valence-electron chi connectivity index (χ4n) is 4.31. The number of aliphatic hydroxyl groups is 7. The summed E-state index contributed by atoms with van der Waals surface area (Å²) in [4.78, 5) is 0. The van der Waals surface area contributed by atoms with Crippen LogP contribution in [0, 0.1) is 0 Å². The quantitative estimate of drug-likeness (QED) is 0.155. The van der Waals surface area contributed by atoms with Crippen molar-refractivity contribution in [2.24, 2.45) is 0 Å². The molecule has 0 spiro atoms. The summed E-state index contributed by atoms with van der Waals surface area (Å²) in [5.41, 5.74) is 0.806. The van der Waals surface area contributed by atoms with Crippen molar-refractivity contribution in [2.75, 3.05) is 13.2 Å². The van der Waals surface area contributed by atoms with Gasteiger partial charge in [0.15, 0.2) is 17.8 Å². The zero-order valence-corrected chi connectivity index (χ0v) is 20.9. The Hall–Kier alpha value is -3.02. The number of hydrogen-bond donors (Lipinski definition) is 10. The molecular weight excluding hydrogens is 536 g/mol. The van der Waals surface area contributed by atoms with Crippen LogP contribution in [0.1, 0.15) is 11.1 Å². The second kappa shape index (κ2) is 12.7. The molecule has 2 aliphatic rings. The molecule has 2 saturated heterocycles. The zero-order chi connectivity index (χ0) is 29.1. The highest BCUT2D eigenvalue weighted by Crippen LogP contribution is 2.38. The van der Waals surface area contributed by atoms with Crippen LogP contribution in [0.25, 0.3) is 12.2 Å². The standard InChI is InChI=1S/C26H32O14/c27-9-16-18(31)20(33)22(35)25(38-16)37-10-17-19(32)21(34)23(36)26(39-17)40-24-12(7-14(29)8-15(24)30)4-1-11-2-5-13(28)6-3-11/h1-8,16-23,25-36H,9-10H2/t16-,17-,18-,19-,20+,21+,22-,23-,25+,26+/m1/s1. The average molecular weight is 569 g/mol. The SMILES string of the molecule is OC[C@H]1O[C@H](OC[C@H]2O[C@@H](Oc3c(O)cc(O)cc3C=Cc3ccc(O)cc3)[C@H](O)[C@@H](O)[C@@H]2O)[C@H](O)[C@@H](O)[C@@H]1O. The Balaban J connectivity index is 1.50. The van der Waals surface area contributed by atoms with Gasteiger partial charge in [-0.15, -0.1) is 0 Å². The fraction of sp³-hybridized carbons (Fsp3) is 0.462. The molecule has 0 aromatic heterocycles. The van der Waals surface area contributed by atoms with Gasteiger partial charge in [-0.25, -0.2) is 0 Å². The van der Waals surface area contributed by atoms with Crippen LogP contribution in [0.3, 0.4) is 0 Å². The molecule has 2 aliphatic heterocycles. The van der Waals surface area contributed by atoms with Gasteiger partial charge >= 0.3 is 0 Å². The number of aliphatic hydroxyl groups excluding tert-OH is 7. The van der Waals surface area contributed by atoms with Crippen LogP contribution in [-0.4, -0.2) is 126 Å². The van der Waals surface area contributed by atoms with E-state index in [9.17, 15) is 51.1 Å². The maximum absolute atomic E-state index is 10.5. The van der Waals surface area contributed by atoms with E-state index in [1.54, 1.807) is 18.2 Å². The van der Waals surface area contributed by atoms with Crippen molar-refractivity contribution in [1.82, 2.24) is 0 Å².